The van der Waals surface area contributed by atoms with Gasteiger partial charge in [-0.2, -0.15) is 16.9 Å². The lowest BCUT2D eigenvalue weighted by Crippen LogP contribution is -2.60. The fourth-order valence-electron chi connectivity index (χ4n) is 3.44. The van der Waals surface area contributed by atoms with Crippen LogP contribution in [0.3, 0.4) is 0 Å². The number of guanidine groups is 1. The summed E-state index contributed by atoms with van der Waals surface area (Å²) in [7, 11) is 1.95. The second kappa shape index (κ2) is 10.7. The van der Waals surface area contributed by atoms with E-state index in [1.165, 1.54) is 17.9 Å². The first-order valence-corrected chi connectivity index (χ1v) is 10.3. The Morgan fingerprint density at radius 1 is 1.38 bits per heavy atom. The van der Waals surface area contributed by atoms with E-state index < -0.39 is 0 Å². The third kappa shape index (κ3) is 5.49. The Bertz CT molecular complexity index is 569. The molecule has 1 aromatic heterocycles. The smallest absolute Gasteiger partial charge is 0.191 e. The predicted molar refractivity (Wildman–Crippen MR) is 119 cm³/mol. The fraction of sp³-hybridized carbons (Fsp3) is 0.765. The van der Waals surface area contributed by atoms with Gasteiger partial charge in [0, 0.05) is 50.7 Å². The van der Waals surface area contributed by atoms with Gasteiger partial charge in [-0.3, -0.25) is 9.58 Å². The summed E-state index contributed by atoms with van der Waals surface area (Å²) < 4.78 is 7.42. The molecule has 1 atom stereocenters. The van der Waals surface area contributed by atoms with Gasteiger partial charge in [0.2, 0.25) is 0 Å². The van der Waals surface area contributed by atoms with Crippen LogP contribution in [0.1, 0.15) is 19.0 Å². The normalized spacial score (nSPS) is 24.3. The molecule has 0 aliphatic carbocycles. The van der Waals surface area contributed by atoms with E-state index in [2.05, 4.69) is 39.3 Å². The van der Waals surface area contributed by atoms with E-state index in [0.29, 0.717) is 6.54 Å². The van der Waals surface area contributed by atoms with Crippen molar-refractivity contribution in [2.24, 2.45) is 12.0 Å². The van der Waals surface area contributed by atoms with Crippen LogP contribution in [0.4, 0.5) is 0 Å². The Morgan fingerprint density at radius 3 is 2.81 bits per heavy atom. The van der Waals surface area contributed by atoms with Gasteiger partial charge in [0.25, 0.3) is 0 Å². The zero-order valence-electron chi connectivity index (χ0n) is 15.7. The Labute approximate surface area is 177 Å². The summed E-state index contributed by atoms with van der Waals surface area (Å²) in [6, 6.07) is 2.01. The number of morpholine rings is 1. The number of nitrogens with zero attached hydrogens (tertiary/aromatic N) is 4. The number of rotatable bonds is 6. The third-order valence-electron chi connectivity index (χ3n) is 5.02. The summed E-state index contributed by atoms with van der Waals surface area (Å²) in [4.78, 5) is 7.36. The molecule has 2 fully saturated rings. The van der Waals surface area contributed by atoms with Crippen molar-refractivity contribution in [3.8, 4) is 0 Å². The molecule has 3 rings (SSSR count). The number of aryl methyl sites for hydroxylation is 1. The van der Waals surface area contributed by atoms with Gasteiger partial charge in [0.1, 0.15) is 0 Å². The van der Waals surface area contributed by atoms with Gasteiger partial charge in [-0.05, 0) is 25.2 Å². The van der Waals surface area contributed by atoms with Crippen molar-refractivity contribution in [3.63, 3.8) is 0 Å². The van der Waals surface area contributed by atoms with Crippen LogP contribution in [0.2, 0.25) is 0 Å². The second-order valence-corrected chi connectivity index (χ2v) is 7.73. The van der Waals surface area contributed by atoms with E-state index in [-0.39, 0.29) is 29.5 Å². The first kappa shape index (κ1) is 21.8. The third-order valence-corrected chi connectivity index (χ3v) is 6.25. The molecule has 7 nitrogen and oxygen atoms in total. The number of aliphatic imine (C=N–C) groups is 1. The lowest BCUT2D eigenvalue weighted by molar-refractivity contribution is -0.0120. The van der Waals surface area contributed by atoms with E-state index in [9.17, 15) is 0 Å². The highest BCUT2D eigenvalue weighted by Gasteiger charge is 2.40. The van der Waals surface area contributed by atoms with Gasteiger partial charge < -0.3 is 15.4 Å². The zero-order chi connectivity index (χ0) is 17.5. The minimum atomic E-state index is 0. The van der Waals surface area contributed by atoms with Crippen LogP contribution in [0.25, 0.3) is 0 Å². The first-order valence-electron chi connectivity index (χ1n) is 9.13. The molecule has 2 aliphatic rings. The summed E-state index contributed by atoms with van der Waals surface area (Å²) in [6.07, 6.45) is 3.04. The number of ether oxygens (including phenoxy) is 1. The molecule has 1 aromatic rings. The van der Waals surface area contributed by atoms with E-state index in [0.717, 1.165) is 51.0 Å². The minimum absolute atomic E-state index is 0. The van der Waals surface area contributed by atoms with Crippen LogP contribution < -0.4 is 10.6 Å². The molecule has 0 radical (unpaired) electrons. The molecule has 26 heavy (non-hydrogen) atoms. The quantitative estimate of drug-likeness (QED) is 0.353. The second-order valence-electron chi connectivity index (χ2n) is 6.62. The summed E-state index contributed by atoms with van der Waals surface area (Å²) in [5.74, 6) is 3.30. The summed E-state index contributed by atoms with van der Waals surface area (Å²) in [5.41, 5.74) is 1.33. The number of nitrogens with one attached hydrogen (secondary N) is 2. The number of halogens is 1. The minimum Gasteiger partial charge on any atom is -0.379 e. The topological polar surface area (TPSA) is 66.7 Å². The average Bonchev–Trinajstić information content (AvgIpc) is 3.28. The molecule has 2 saturated heterocycles. The van der Waals surface area contributed by atoms with Crippen molar-refractivity contribution < 1.29 is 4.74 Å². The average molecular weight is 494 g/mol. The van der Waals surface area contributed by atoms with Gasteiger partial charge >= 0.3 is 0 Å². The van der Waals surface area contributed by atoms with E-state index >= 15 is 0 Å². The SMILES string of the molecule is CCNC(=NCc1ccnn1C)NCC1(N2CCOCC2)CCSC1.I. The molecule has 2 N–H and O–H groups in total. The van der Waals surface area contributed by atoms with E-state index in [1.54, 1.807) is 0 Å². The van der Waals surface area contributed by atoms with Gasteiger partial charge in [0.05, 0.1) is 25.5 Å². The molecule has 0 aromatic carbocycles. The highest BCUT2D eigenvalue weighted by atomic mass is 127. The zero-order valence-corrected chi connectivity index (χ0v) is 18.9. The number of aromatic nitrogens is 2. The van der Waals surface area contributed by atoms with Crippen LogP contribution in [0.5, 0.6) is 0 Å². The molecule has 9 heteroatoms. The lowest BCUT2D eigenvalue weighted by Gasteiger charge is -2.43. The van der Waals surface area contributed by atoms with Gasteiger partial charge in [-0.1, -0.05) is 0 Å². The van der Waals surface area contributed by atoms with Crippen LogP contribution in [-0.4, -0.2) is 77.1 Å². The molecular formula is C17H31IN6OS. The summed E-state index contributed by atoms with van der Waals surface area (Å²) >= 11 is 2.06. The molecule has 0 amide bonds. The number of thioether (sulfide) groups is 1. The fourth-order valence-corrected chi connectivity index (χ4v) is 4.92. The van der Waals surface area contributed by atoms with E-state index in [4.69, 9.17) is 9.73 Å². The van der Waals surface area contributed by atoms with Crippen molar-refractivity contribution in [1.29, 1.82) is 0 Å². The highest BCUT2D eigenvalue weighted by molar-refractivity contribution is 14.0. The van der Waals surface area contributed by atoms with Crippen molar-refractivity contribution in [2.75, 3.05) is 50.9 Å². The van der Waals surface area contributed by atoms with Crippen molar-refractivity contribution in [1.82, 2.24) is 25.3 Å². The standard InChI is InChI=1S/C17H30N6OS.HI/c1-3-18-16(19-12-15-4-6-21-22(15)2)20-13-17(5-11-25-14-17)23-7-9-24-10-8-23;/h4,6H,3,5,7-14H2,1-2H3,(H2,18,19,20);1H. The molecule has 0 spiro atoms. The van der Waals surface area contributed by atoms with Crippen LogP contribution >= 0.6 is 35.7 Å². The predicted octanol–water partition coefficient (Wildman–Crippen LogP) is 1.30. The van der Waals surface area contributed by atoms with Gasteiger partial charge in [-0.15, -0.1) is 24.0 Å². The molecule has 0 saturated carbocycles. The monoisotopic (exact) mass is 494 g/mol. The summed E-state index contributed by atoms with van der Waals surface area (Å²) in [5, 5.41) is 11.2. The maximum Gasteiger partial charge on any atom is 0.191 e. The van der Waals surface area contributed by atoms with Crippen molar-refractivity contribution in [2.45, 2.75) is 25.4 Å². The number of hydrogen-bond donors (Lipinski definition) is 2. The Hall–Kier alpha value is -0.520. The molecular weight excluding hydrogens is 463 g/mol. The Kier molecular flexibility index (Phi) is 8.98. The van der Waals surface area contributed by atoms with Crippen LogP contribution in [-0.2, 0) is 18.3 Å². The van der Waals surface area contributed by atoms with Gasteiger partial charge in [0.15, 0.2) is 5.96 Å². The van der Waals surface area contributed by atoms with Crippen molar-refractivity contribution >= 4 is 41.7 Å². The first-order chi connectivity index (χ1) is 12.2. The Morgan fingerprint density at radius 2 is 2.19 bits per heavy atom. The van der Waals surface area contributed by atoms with Crippen molar-refractivity contribution in [3.05, 3.63) is 18.0 Å². The summed E-state index contributed by atoms with van der Waals surface area (Å²) in [6.45, 7) is 8.28. The molecule has 0 bridgehead atoms. The molecule has 3 heterocycles. The number of hydrogen-bond acceptors (Lipinski definition) is 5. The van der Waals surface area contributed by atoms with Crippen LogP contribution in [0, 0.1) is 0 Å². The molecule has 148 valence electrons. The van der Waals surface area contributed by atoms with Crippen LogP contribution in [0.15, 0.2) is 17.3 Å². The highest BCUT2D eigenvalue weighted by Crippen LogP contribution is 2.33. The van der Waals surface area contributed by atoms with Gasteiger partial charge in [-0.25, -0.2) is 4.99 Å². The van der Waals surface area contributed by atoms with E-state index in [1.807, 2.05) is 24.0 Å². The largest absolute Gasteiger partial charge is 0.379 e. The lowest BCUT2D eigenvalue weighted by atomic mass is 9.95. The molecule has 1 unspecified atom stereocenters. The Balaban J connectivity index is 0.00000243. The molecule has 2 aliphatic heterocycles. The maximum atomic E-state index is 5.55. The maximum absolute atomic E-state index is 5.55.